The molecule has 0 N–H and O–H groups in total. The van der Waals surface area contributed by atoms with Crippen molar-refractivity contribution in [1.29, 1.82) is 0 Å². The third kappa shape index (κ3) is 3.32. The van der Waals surface area contributed by atoms with Gasteiger partial charge in [0.1, 0.15) is 0 Å². The number of alkyl halides is 1. The topological polar surface area (TPSA) is 47.5 Å². The maximum Gasteiger partial charge on any atom is 0.234 e. The highest BCUT2D eigenvalue weighted by atomic mass is 79.9. The molecule has 5 nitrogen and oxygen atoms in total. The maximum absolute atomic E-state index is 5.80. The molecule has 2 unspecified atom stereocenters. The Balaban J connectivity index is 2.11. The van der Waals surface area contributed by atoms with Gasteiger partial charge in [0, 0.05) is 18.4 Å². The number of halogens is 1. The Kier molecular flexibility index (Phi) is 4.77. The lowest BCUT2D eigenvalue weighted by Gasteiger charge is -2.36. The largest absolute Gasteiger partial charge is 0.477 e. The van der Waals surface area contributed by atoms with Crippen LogP contribution in [0.2, 0.25) is 0 Å². The molecule has 18 heavy (non-hydrogen) atoms. The molecule has 0 radical (unpaired) electrons. The van der Waals surface area contributed by atoms with Crippen LogP contribution in [0.5, 0.6) is 5.88 Å². The van der Waals surface area contributed by atoms with E-state index < -0.39 is 0 Å². The maximum atomic E-state index is 5.80. The lowest BCUT2D eigenvalue weighted by Crippen LogP contribution is -2.47. The summed E-state index contributed by atoms with van der Waals surface area (Å²) in [5.74, 6) is 1.42. The van der Waals surface area contributed by atoms with E-state index in [4.69, 9.17) is 9.47 Å². The normalized spacial score (nSPS) is 24.1. The number of rotatable bonds is 4. The minimum Gasteiger partial charge on any atom is -0.477 e. The number of nitrogens with zero attached hydrogens (tertiary/aromatic N) is 3. The van der Waals surface area contributed by atoms with Crippen LogP contribution in [0, 0.1) is 0 Å². The minimum absolute atomic E-state index is 0.186. The molecule has 0 spiro atoms. The van der Waals surface area contributed by atoms with Crippen molar-refractivity contribution in [2.24, 2.45) is 0 Å². The van der Waals surface area contributed by atoms with Gasteiger partial charge in [0.05, 0.1) is 31.2 Å². The summed E-state index contributed by atoms with van der Waals surface area (Å²) >= 11 is 3.47. The first-order chi connectivity index (χ1) is 8.72. The molecule has 2 rings (SSSR count). The lowest BCUT2D eigenvalue weighted by molar-refractivity contribution is -0.00228. The Hall–Kier alpha value is -0.880. The minimum atomic E-state index is 0.186. The fraction of sp³-hybridized carbons (Fsp3) is 0.667. The van der Waals surface area contributed by atoms with Crippen LogP contribution in [-0.2, 0) is 4.74 Å². The van der Waals surface area contributed by atoms with Crippen molar-refractivity contribution in [3.05, 3.63) is 12.4 Å². The summed E-state index contributed by atoms with van der Waals surface area (Å²) in [6.45, 7) is 6.25. The Morgan fingerprint density at radius 2 is 2.33 bits per heavy atom. The fourth-order valence-corrected chi connectivity index (χ4v) is 2.38. The Morgan fingerprint density at radius 1 is 1.50 bits per heavy atom. The zero-order valence-corrected chi connectivity index (χ0v) is 12.3. The SMILES string of the molecule is CCOc1cncc(N2CC(C)OC(CBr)C2)n1. The predicted octanol–water partition coefficient (Wildman–Crippen LogP) is 1.86. The Labute approximate surface area is 116 Å². The first-order valence-corrected chi connectivity index (χ1v) is 7.26. The average molecular weight is 316 g/mol. The first-order valence-electron chi connectivity index (χ1n) is 6.14. The van der Waals surface area contributed by atoms with Crippen LogP contribution in [0.3, 0.4) is 0 Å². The summed E-state index contributed by atoms with van der Waals surface area (Å²) < 4.78 is 11.2. The third-order valence-electron chi connectivity index (χ3n) is 2.71. The van der Waals surface area contributed by atoms with Gasteiger partial charge in [0.25, 0.3) is 0 Å². The van der Waals surface area contributed by atoms with Crippen molar-refractivity contribution < 1.29 is 9.47 Å². The molecule has 6 heteroatoms. The van der Waals surface area contributed by atoms with Crippen LogP contribution in [0.4, 0.5) is 5.82 Å². The number of aromatic nitrogens is 2. The van der Waals surface area contributed by atoms with Gasteiger partial charge in [0.2, 0.25) is 5.88 Å². The van der Waals surface area contributed by atoms with Crippen LogP contribution in [0.15, 0.2) is 12.4 Å². The van der Waals surface area contributed by atoms with Gasteiger partial charge in [-0.15, -0.1) is 0 Å². The van der Waals surface area contributed by atoms with Crippen molar-refractivity contribution in [3.63, 3.8) is 0 Å². The Bertz CT molecular complexity index is 391. The second-order valence-electron chi connectivity index (χ2n) is 4.28. The number of anilines is 1. The summed E-state index contributed by atoms with van der Waals surface area (Å²) in [4.78, 5) is 10.8. The molecular weight excluding hydrogens is 298 g/mol. The van der Waals surface area contributed by atoms with Gasteiger partial charge in [-0.05, 0) is 13.8 Å². The predicted molar refractivity (Wildman–Crippen MR) is 73.5 cm³/mol. The molecule has 1 aromatic rings. The number of hydrogen-bond acceptors (Lipinski definition) is 5. The van der Waals surface area contributed by atoms with E-state index in [1.54, 1.807) is 12.4 Å². The molecule has 2 heterocycles. The first kappa shape index (κ1) is 13.5. The molecule has 100 valence electrons. The molecule has 1 saturated heterocycles. The van der Waals surface area contributed by atoms with E-state index in [1.807, 2.05) is 6.92 Å². The number of hydrogen-bond donors (Lipinski definition) is 0. The van der Waals surface area contributed by atoms with Crippen LogP contribution in [0.1, 0.15) is 13.8 Å². The Morgan fingerprint density at radius 3 is 3.06 bits per heavy atom. The second-order valence-corrected chi connectivity index (χ2v) is 4.92. The number of ether oxygens (including phenoxy) is 2. The van der Waals surface area contributed by atoms with E-state index >= 15 is 0 Å². The monoisotopic (exact) mass is 315 g/mol. The van der Waals surface area contributed by atoms with E-state index in [-0.39, 0.29) is 12.2 Å². The average Bonchev–Trinajstić information content (AvgIpc) is 2.39. The zero-order valence-electron chi connectivity index (χ0n) is 10.7. The van der Waals surface area contributed by atoms with Gasteiger partial charge in [-0.25, -0.2) is 0 Å². The van der Waals surface area contributed by atoms with Crippen LogP contribution < -0.4 is 9.64 Å². The number of morpholine rings is 1. The quantitative estimate of drug-likeness (QED) is 0.794. The van der Waals surface area contributed by atoms with Gasteiger partial charge in [-0.1, -0.05) is 15.9 Å². The van der Waals surface area contributed by atoms with E-state index in [0.717, 1.165) is 24.2 Å². The van der Waals surface area contributed by atoms with Gasteiger partial charge in [-0.2, -0.15) is 4.98 Å². The smallest absolute Gasteiger partial charge is 0.234 e. The molecular formula is C12H18BrN3O2. The molecule has 2 atom stereocenters. The molecule has 1 aliphatic rings. The summed E-state index contributed by atoms with van der Waals surface area (Å²) in [5.41, 5.74) is 0. The van der Waals surface area contributed by atoms with Gasteiger partial charge in [0.15, 0.2) is 5.82 Å². The van der Waals surface area contributed by atoms with Gasteiger partial charge < -0.3 is 14.4 Å². The third-order valence-corrected chi connectivity index (χ3v) is 3.44. The van der Waals surface area contributed by atoms with Gasteiger partial charge >= 0.3 is 0 Å². The van der Waals surface area contributed by atoms with Crippen LogP contribution in [-0.4, -0.2) is 47.2 Å². The van der Waals surface area contributed by atoms with Gasteiger partial charge in [-0.3, -0.25) is 4.98 Å². The molecule has 1 fully saturated rings. The molecule has 0 aromatic carbocycles. The van der Waals surface area contributed by atoms with Crippen LogP contribution in [0.25, 0.3) is 0 Å². The molecule has 0 bridgehead atoms. The summed E-state index contributed by atoms with van der Waals surface area (Å²) in [5, 5.41) is 0.826. The highest BCUT2D eigenvalue weighted by molar-refractivity contribution is 9.09. The summed E-state index contributed by atoms with van der Waals surface area (Å²) in [7, 11) is 0. The summed E-state index contributed by atoms with van der Waals surface area (Å²) in [6, 6.07) is 0. The highest BCUT2D eigenvalue weighted by Crippen LogP contribution is 2.20. The lowest BCUT2D eigenvalue weighted by atomic mass is 10.2. The fourth-order valence-electron chi connectivity index (χ4n) is 2.03. The summed E-state index contributed by atoms with van der Waals surface area (Å²) in [6.07, 6.45) is 3.79. The van der Waals surface area contributed by atoms with Crippen molar-refractivity contribution >= 4 is 21.7 Å². The standard InChI is InChI=1S/C12H18BrN3O2/c1-3-17-12-6-14-5-11(15-12)16-7-9(2)18-10(4-13)8-16/h5-6,9-10H,3-4,7-8H2,1-2H3. The van der Waals surface area contributed by atoms with E-state index in [2.05, 4.69) is 37.7 Å². The second kappa shape index (κ2) is 6.33. The van der Waals surface area contributed by atoms with Crippen molar-refractivity contribution in [3.8, 4) is 5.88 Å². The van der Waals surface area contributed by atoms with E-state index in [9.17, 15) is 0 Å². The van der Waals surface area contributed by atoms with E-state index in [1.165, 1.54) is 0 Å². The molecule has 0 amide bonds. The molecule has 1 aliphatic heterocycles. The molecule has 1 aromatic heterocycles. The van der Waals surface area contributed by atoms with Crippen molar-refractivity contribution in [2.75, 3.05) is 29.9 Å². The van der Waals surface area contributed by atoms with E-state index in [0.29, 0.717) is 12.5 Å². The van der Waals surface area contributed by atoms with Crippen LogP contribution >= 0.6 is 15.9 Å². The van der Waals surface area contributed by atoms with Crippen molar-refractivity contribution in [2.45, 2.75) is 26.1 Å². The molecule has 0 saturated carbocycles. The highest BCUT2D eigenvalue weighted by Gasteiger charge is 2.25. The molecule has 0 aliphatic carbocycles. The van der Waals surface area contributed by atoms with Crippen molar-refractivity contribution in [1.82, 2.24) is 9.97 Å². The zero-order chi connectivity index (χ0) is 13.0.